The van der Waals surface area contributed by atoms with E-state index in [1.807, 2.05) is 0 Å². The number of nitrogens with zero attached hydrogens (tertiary/aromatic N) is 1. The molecule has 0 aliphatic heterocycles. The van der Waals surface area contributed by atoms with Crippen molar-refractivity contribution in [2.45, 2.75) is 11.3 Å². The van der Waals surface area contributed by atoms with Crippen LogP contribution in [0.25, 0.3) is 0 Å². The van der Waals surface area contributed by atoms with Crippen molar-refractivity contribution in [3.63, 3.8) is 0 Å². The number of imidazole rings is 1. The highest BCUT2D eigenvalue weighted by Crippen LogP contribution is 2.29. The Hall–Kier alpha value is -1.17. The number of aromatic amines is 1. The van der Waals surface area contributed by atoms with Gasteiger partial charge in [-0.1, -0.05) is 23.2 Å². The second-order valence-corrected chi connectivity index (χ2v) is 5.86. The second kappa shape index (κ2) is 7.57. The molecule has 1 heterocycles. The molecule has 0 aliphatic carbocycles. The lowest BCUT2D eigenvalue weighted by Gasteiger charge is -2.06. The highest BCUT2D eigenvalue weighted by atomic mass is 35.5. The predicted molar refractivity (Wildman–Crippen MR) is 82.5 cm³/mol. The molecule has 1 amide bonds. The van der Waals surface area contributed by atoms with E-state index in [0.717, 1.165) is 10.7 Å². The largest absolute Gasteiger partial charge is 0.355 e. The van der Waals surface area contributed by atoms with Gasteiger partial charge in [0.15, 0.2) is 0 Å². The maximum absolute atomic E-state index is 11.7. The summed E-state index contributed by atoms with van der Waals surface area (Å²) in [6, 6.07) is 5.20. The van der Waals surface area contributed by atoms with E-state index in [1.54, 1.807) is 30.6 Å². The van der Waals surface area contributed by atoms with Crippen LogP contribution in [0.2, 0.25) is 10.0 Å². The molecular weight excluding hydrogens is 317 g/mol. The number of nitrogens with one attached hydrogen (secondary N) is 2. The summed E-state index contributed by atoms with van der Waals surface area (Å²) in [5.41, 5.74) is 0. The number of carbonyl (C=O) groups excluding carboxylic acids is 1. The van der Waals surface area contributed by atoms with Gasteiger partial charge in [0.25, 0.3) is 0 Å². The van der Waals surface area contributed by atoms with Gasteiger partial charge in [-0.15, -0.1) is 11.8 Å². The number of halogens is 2. The van der Waals surface area contributed by atoms with Crippen LogP contribution < -0.4 is 5.32 Å². The summed E-state index contributed by atoms with van der Waals surface area (Å²) in [4.78, 5) is 19.6. The van der Waals surface area contributed by atoms with Crippen molar-refractivity contribution in [3.05, 3.63) is 46.5 Å². The van der Waals surface area contributed by atoms with Crippen LogP contribution in [0.4, 0.5) is 0 Å². The summed E-state index contributed by atoms with van der Waals surface area (Å²) in [5, 5.41) is 4.04. The van der Waals surface area contributed by atoms with Crippen molar-refractivity contribution in [1.29, 1.82) is 0 Å². The lowest BCUT2D eigenvalue weighted by molar-refractivity contribution is -0.118. The van der Waals surface area contributed by atoms with E-state index >= 15 is 0 Å². The molecule has 0 fully saturated rings. The first-order chi connectivity index (χ1) is 9.65. The van der Waals surface area contributed by atoms with Gasteiger partial charge in [0.05, 0.1) is 10.8 Å². The number of thioether (sulfide) groups is 1. The Bertz CT molecular complexity index is 575. The Morgan fingerprint density at radius 1 is 1.40 bits per heavy atom. The number of benzene rings is 1. The van der Waals surface area contributed by atoms with Crippen LogP contribution in [-0.2, 0) is 11.2 Å². The smallest absolute Gasteiger partial charge is 0.230 e. The highest BCUT2D eigenvalue weighted by Gasteiger charge is 2.06. The number of aromatic nitrogens is 2. The van der Waals surface area contributed by atoms with Gasteiger partial charge in [-0.25, -0.2) is 4.98 Å². The summed E-state index contributed by atoms with van der Waals surface area (Å²) >= 11 is 13.3. The van der Waals surface area contributed by atoms with E-state index in [9.17, 15) is 4.79 Å². The zero-order chi connectivity index (χ0) is 14.4. The molecule has 7 heteroatoms. The van der Waals surface area contributed by atoms with Crippen molar-refractivity contribution < 1.29 is 4.79 Å². The van der Waals surface area contributed by atoms with Crippen molar-refractivity contribution >= 4 is 40.9 Å². The maximum Gasteiger partial charge on any atom is 0.230 e. The number of H-pyrrole nitrogens is 1. The summed E-state index contributed by atoms with van der Waals surface area (Å²) in [7, 11) is 0. The zero-order valence-electron chi connectivity index (χ0n) is 10.5. The lowest BCUT2D eigenvalue weighted by Crippen LogP contribution is -2.27. The highest BCUT2D eigenvalue weighted by molar-refractivity contribution is 8.00. The van der Waals surface area contributed by atoms with Crippen molar-refractivity contribution in [1.82, 2.24) is 15.3 Å². The van der Waals surface area contributed by atoms with Crippen LogP contribution in [0.3, 0.4) is 0 Å². The van der Waals surface area contributed by atoms with Gasteiger partial charge in [-0.05, 0) is 18.2 Å². The Kier molecular flexibility index (Phi) is 5.76. The average molecular weight is 330 g/mol. The molecule has 2 rings (SSSR count). The molecule has 0 saturated carbocycles. The fraction of sp³-hybridized carbons (Fsp3) is 0.231. The third-order valence-electron chi connectivity index (χ3n) is 2.49. The molecule has 2 aromatic rings. The fourth-order valence-corrected chi connectivity index (χ4v) is 2.86. The van der Waals surface area contributed by atoms with Crippen LogP contribution in [0.5, 0.6) is 0 Å². The number of hydrogen-bond acceptors (Lipinski definition) is 3. The monoisotopic (exact) mass is 329 g/mol. The normalized spacial score (nSPS) is 10.5. The first kappa shape index (κ1) is 15.2. The Morgan fingerprint density at radius 3 is 3.00 bits per heavy atom. The molecule has 1 aromatic heterocycles. The van der Waals surface area contributed by atoms with Crippen LogP contribution >= 0.6 is 35.0 Å². The van der Waals surface area contributed by atoms with Crippen molar-refractivity contribution in [2.24, 2.45) is 0 Å². The van der Waals surface area contributed by atoms with Crippen LogP contribution in [-0.4, -0.2) is 28.2 Å². The number of carbonyl (C=O) groups is 1. The molecule has 0 spiro atoms. The van der Waals surface area contributed by atoms with Gasteiger partial charge in [-0.3, -0.25) is 4.79 Å². The Morgan fingerprint density at radius 2 is 2.25 bits per heavy atom. The average Bonchev–Trinajstić information content (AvgIpc) is 2.93. The molecule has 0 atom stereocenters. The maximum atomic E-state index is 11.7. The molecule has 1 aromatic carbocycles. The van der Waals surface area contributed by atoms with Crippen molar-refractivity contribution in [3.8, 4) is 0 Å². The quantitative estimate of drug-likeness (QED) is 0.800. The van der Waals surface area contributed by atoms with Crippen LogP contribution in [0, 0.1) is 0 Å². The summed E-state index contributed by atoms with van der Waals surface area (Å²) in [6.45, 7) is 0.552. The van der Waals surface area contributed by atoms with E-state index in [1.165, 1.54) is 11.8 Å². The number of hydrogen-bond donors (Lipinski definition) is 2. The topological polar surface area (TPSA) is 57.8 Å². The number of amides is 1. The molecule has 20 heavy (non-hydrogen) atoms. The molecule has 4 nitrogen and oxygen atoms in total. The SMILES string of the molecule is O=C(CSc1cc(Cl)ccc1Cl)NCCc1ncc[nH]1. The summed E-state index contributed by atoms with van der Waals surface area (Å²) < 4.78 is 0. The molecule has 0 aliphatic rings. The summed E-state index contributed by atoms with van der Waals surface area (Å²) in [5.74, 6) is 1.12. The molecule has 0 saturated heterocycles. The Labute approximate surface area is 131 Å². The molecule has 0 unspecified atom stereocenters. The minimum atomic E-state index is -0.0439. The predicted octanol–water partition coefficient (Wildman–Crippen LogP) is 3.17. The van der Waals surface area contributed by atoms with E-state index in [4.69, 9.17) is 23.2 Å². The van der Waals surface area contributed by atoms with E-state index in [2.05, 4.69) is 15.3 Å². The van der Waals surface area contributed by atoms with E-state index in [-0.39, 0.29) is 5.91 Å². The van der Waals surface area contributed by atoms with Gasteiger partial charge in [0, 0.05) is 35.3 Å². The van der Waals surface area contributed by atoms with Gasteiger partial charge in [0.2, 0.25) is 5.91 Å². The molecule has 2 N–H and O–H groups in total. The van der Waals surface area contributed by atoms with E-state index in [0.29, 0.717) is 28.8 Å². The first-order valence-corrected chi connectivity index (χ1v) is 7.72. The van der Waals surface area contributed by atoms with Gasteiger partial charge < -0.3 is 10.3 Å². The zero-order valence-corrected chi connectivity index (χ0v) is 12.9. The molecule has 0 bridgehead atoms. The van der Waals surface area contributed by atoms with Gasteiger partial charge in [0.1, 0.15) is 5.82 Å². The molecule has 0 radical (unpaired) electrons. The lowest BCUT2D eigenvalue weighted by atomic mass is 10.4. The van der Waals surface area contributed by atoms with Gasteiger partial charge in [-0.2, -0.15) is 0 Å². The van der Waals surface area contributed by atoms with Crippen LogP contribution in [0.15, 0.2) is 35.5 Å². The minimum absolute atomic E-state index is 0.0439. The third-order valence-corrected chi connectivity index (χ3v) is 4.22. The standard InChI is InChI=1S/C13H13Cl2N3OS/c14-9-1-2-10(15)11(7-9)20-8-13(19)18-4-3-12-16-5-6-17-12/h1-2,5-7H,3-4,8H2,(H,16,17)(H,18,19). The minimum Gasteiger partial charge on any atom is -0.355 e. The third kappa shape index (κ3) is 4.74. The fourth-order valence-electron chi connectivity index (χ4n) is 1.54. The summed E-state index contributed by atoms with van der Waals surface area (Å²) in [6.07, 6.45) is 4.13. The molecular formula is C13H13Cl2N3OS. The first-order valence-electron chi connectivity index (χ1n) is 5.98. The van der Waals surface area contributed by atoms with Crippen LogP contribution in [0.1, 0.15) is 5.82 Å². The second-order valence-electron chi connectivity index (χ2n) is 4.00. The Balaban J connectivity index is 1.73. The van der Waals surface area contributed by atoms with Gasteiger partial charge >= 0.3 is 0 Å². The number of rotatable bonds is 6. The van der Waals surface area contributed by atoms with E-state index < -0.39 is 0 Å². The van der Waals surface area contributed by atoms with Crippen molar-refractivity contribution in [2.75, 3.05) is 12.3 Å². The molecule has 106 valence electrons.